The first-order valence-electron chi connectivity index (χ1n) is 6.86. The molecular weight excluding hydrogens is 246 g/mol. The number of nitrogens with one attached hydrogen (secondary N) is 1. The first-order chi connectivity index (χ1) is 8.74. The van der Waals surface area contributed by atoms with Gasteiger partial charge in [-0.15, -0.1) is 0 Å². The lowest BCUT2D eigenvalue weighted by atomic mass is 9.85. The molecule has 18 heavy (non-hydrogen) atoms. The Kier molecular flexibility index (Phi) is 3.35. The van der Waals surface area contributed by atoms with Gasteiger partial charge >= 0.3 is 0 Å². The van der Waals surface area contributed by atoms with E-state index in [9.17, 15) is 5.11 Å². The highest BCUT2D eigenvalue weighted by Crippen LogP contribution is 2.46. The molecule has 2 saturated carbocycles. The maximum absolute atomic E-state index is 9.95. The second-order valence-electron chi connectivity index (χ2n) is 5.73. The highest BCUT2D eigenvalue weighted by molar-refractivity contribution is 6.30. The molecule has 3 rings (SSSR count). The molecule has 3 heteroatoms. The number of aliphatic hydroxyl groups is 1. The van der Waals surface area contributed by atoms with Crippen molar-refractivity contribution >= 4 is 11.6 Å². The van der Waals surface area contributed by atoms with E-state index in [1.165, 1.54) is 31.2 Å². The Bertz CT molecular complexity index is 411. The summed E-state index contributed by atoms with van der Waals surface area (Å²) in [6.07, 6.45) is 5.08. The summed E-state index contributed by atoms with van der Waals surface area (Å²) in [6.45, 7) is 1.20. The third-order valence-electron chi connectivity index (χ3n) is 4.29. The van der Waals surface area contributed by atoms with E-state index < -0.39 is 0 Å². The van der Waals surface area contributed by atoms with Crippen molar-refractivity contribution < 1.29 is 5.11 Å². The number of aliphatic hydroxyl groups excluding tert-OH is 1. The molecule has 0 amide bonds. The summed E-state index contributed by atoms with van der Waals surface area (Å²) >= 11 is 5.95. The Morgan fingerprint density at radius 3 is 2.33 bits per heavy atom. The van der Waals surface area contributed by atoms with Crippen LogP contribution in [0.15, 0.2) is 24.3 Å². The smallest absolute Gasteiger partial charge is 0.0697 e. The molecule has 2 N–H and O–H groups in total. The molecule has 0 spiro atoms. The molecule has 0 saturated heterocycles. The monoisotopic (exact) mass is 265 g/mol. The average molecular weight is 266 g/mol. The zero-order chi connectivity index (χ0) is 12.6. The minimum absolute atomic E-state index is 0.173. The largest absolute Gasteiger partial charge is 0.394 e. The van der Waals surface area contributed by atoms with Gasteiger partial charge in [0.25, 0.3) is 0 Å². The van der Waals surface area contributed by atoms with Gasteiger partial charge in [0.15, 0.2) is 0 Å². The molecule has 1 aromatic rings. The number of rotatable bonds is 6. The average Bonchev–Trinajstić information content (AvgIpc) is 3.26. The third-order valence-corrected chi connectivity index (χ3v) is 4.54. The summed E-state index contributed by atoms with van der Waals surface area (Å²) in [7, 11) is 0. The van der Waals surface area contributed by atoms with Gasteiger partial charge in [0, 0.05) is 5.02 Å². The molecule has 1 atom stereocenters. The van der Waals surface area contributed by atoms with Crippen molar-refractivity contribution in [3.05, 3.63) is 34.9 Å². The van der Waals surface area contributed by atoms with Crippen LogP contribution >= 0.6 is 11.6 Å². The van der Waals surface area contributed by atoms with E-state index in [1.807, 2.05) is 12.1 Å². The zero-order valence-corrected chi connectivity index (χ0v) is 11.3. The number of halogens is 1. The predicted octanol–water partition coefficient (Wildman–Crippen LogP) is 2.94. The van der Waals surface area contributed by atoms with E-state index in [2.05, 4.69) is 17.4 Å². The lowest BCUT2D eigenvalue weighted by Crippen LogP contribution is -2.48. The fourth-order valence-corrected chi connectivity index (χ4v) is 2.86. The molecule has 0 heterocycles. The molecule has 0 bridgehead atoms. The van der Waals surface area contributed by atoms with Crippen LogP contribution < -0.4 is 5.32 Å². The Hall–Kier alpha value is -0.570. The minimum atomic E-state index is -0.243. The van der Waals surface area contributed by atoms with Gasteiger partial charge in [-0.1, -0.05) is 23.7 Å². The second-order valence-corrected chi connectivity index (χ2v) is 6.17. The second kappa shape index (κ2) is 4.84. The van der Waals surface area contributed by atoms with Gasteiger partial charge in [0.2, 0.25) is 0 Å². The van der Waals surface area contributed by atoms with Crippen LogP contribution in [0.4, 0.5) is 0 Å². The van der Waals surface area contributed by atoms with Crippen molar-refractivity contribution in [3.63, 3.8) is 0 Å². The van der Waals surface area contributed by atoms with Crippen LogP contribution in [0, 0.1) is 11.8 Å². The van der Waals surface area contributed by atoms with Crippen LogP contribution in [0.25, 0.3) is 0 Å². The normalized spacial score (nSPS) is 22.8. The van der Waals surface area contributed by atoms with Crippen LogP contribution in [0.5, 0.6) is 0 Å². The Labute approximate surface area is 113 Å². The van der Waals surface area contributed by atoms with E-state index in [-0.39, 0.29) is 12.1 Å². The van der Waals surface area contributed by atoms with Crippen LogP contribution in [-0.4, -0.2) is 18.3 Å². The summed E-state index contributed by atoms with van der Waals surface area (Å²) < 4.78 is 0. The van der Waals surface area contributed by atoms with Gasteiger partial charge < -0.3 is 10.4 Å². The standard InChI is InChI=1S/C15H20ClNO/c16-14-7-5-13(6-8-14)15(10-18,12-3-4-12)17-9-11-1-2-11/h5-8,11-12,17-18H,1-4,9-10H2. The van der Waals surface area contributed by atoms with Gasteiger partial charge in [-0.2, -0.15) is 0 Å². The predicted molar refractivity (Wildman–Crippen MR) is 73.7 cm³/mol. The molecule has 0 radical (unpaired) electrons. The zero-order valence-electron chi connectivity index (χ0n) is 10.5. The molecule has 1 aromatic carbocycles. The molecule has 0 aliphatic heterocycles. The molecule has 98 valence electrons. The number of benzene rings is 1. The number of hydrogen-bond donors (Lipinski definition) is 2. The quantitative estimate of drug-likeness (QED) is 0.829. The topological polar surface area (TPSA) is 32.3 Å². The fourth-order valence-electron chi connectivity index (χ4n) is 2.73. The third kappa shape index (κ3) is 2.42. The van der Waals surface area contributed by atoms with Crippen LogP contribution in [0.2, 0.25) is 5.02 Å². The maximum atomic E-state index is 9.95. The first kappa shape index (κ1) is 12.5. The SMILES string of the molecule is OCC(NCC1CC1)(c1ccc(Cl)cc1)C1CC1. The van der Waals surface area contributed by atoms with Crippen molar-refractivity contribution in [1.82, 2.24) is 5.32 Å². The van der Waals surface area contributed by atoms with Gasteiger partial charge in [0.1, 0.15) is 0 Å². The molecule has 2 nitrogen and oxygen atoms in total. The van der Waals surface area contributed by atoms with Crippen molar-refractivity contribution in [2.45, 2.75) is 31.2 Å². The van der Waals surface area contributed by atoms with Gasteiger partial charge in [-0.05, 0) is 61.8 Å². The summed E-state index contributed by atoms with van der Waals surface area (Å²) in [5, 5.41) is 14.4. The van der Waals surface area contributed by atoms with Crippen LogP contribution in [-0.2, 0) is 5.54 Å². The Morgan fingerprint density at radius 2 is 1.83 bits per heavy atom. The van der Waals surface area contributed by atoms with Crippen molar-refractivity contribution in [3.8, 4) is 0 Å². The molecule has 1 unspecified atom stereocenters. The molecule has 0 aromatic heterocycles. The fraction of sp³-hybridized carbons (Fsp3) is 0.600. The summed E-state index contributed by atoms with van der Waals surface area (Å²) in [5.74, 6) is 1.39. The first-order valence-corrected chi connectivity index (χ1v) is 7.24. The van der Waals surface area contributed by atoms with E-state index in [4.69, 9.17) is 11.6 Å². The summed E-state index contributed by atoms with van der Waals surface area (Å²) in [6, 6.07) is 7.94. The van der Waals surface area contributed by atoms with Gasteiger partial charge in [0.05, 0.1) is 12.1 Å². The molecule has 2 fully saturated rings. The Morgan fingerprint density at radius 1 is 1.17 bits per heavy atom. The number of hydrogen-bond acceptors (Lipinski definition) is 2. The summed E-state index contributed by atoms with van der Waals surface area (Å²) in [4.78, 5) is 0. The van der Waals surface area contributed by atoms with E-state index in [0.717, 1.165) is 17.5 Å². The van der Waals surface area contributed by atoms with Gasteiger partial charge in [-0.25, -0.2) is 0 Å². The molecule has 2 aliphatic rings. The minimum Gasteiger partial charge on any atom is -0.394 e. The van der Waals surface area contributed by atoms with E-state index in [1.54, 1.807) is 0 Å². The highest BCUT2D eigenvalue weighted by atomic mass is 35.5. The van der Waals surface area contributed by atoms with Crippen molar-refractivity contribution in [1.29, 1.82) is 0 Å². The van der Waals surface area contributed by atoms with E-state index >= 15 is 0 Å². The lowest BCUT2D eigenvalue weighted by molar-refractivity contribution is 0.138. The van der Waals surface area contributed by atoms with Crippen molar-refractivity contribution in [2.24, 2.45) is 11.8 Å². The molecule has 2 aliphatic carbocycles. The highest BCUT2D eigenvalue weighted by Gasteiger charge is 2.46. The lowest BCUT2D eigenvalue weighted by Gasteiger charge is -2.34. The van der Waals surface area contributed by atoms with Crippen LogP contribution in [0.1, 0.15) is 31.2 Å². The van der Waals surface area contributed by atoms with Gasteiger partial charge in [-0.3, -0.25) is 0 Å². The van der Waals surface area contributed by atoms with Crippen LogP contribution in [0.3, 0.4) is 0 Å². The Balaban J connectivity index is 1.84. The summed E-state index contributed by atoms with van der Waals surface area (Å²) in [5.41, 5.74) is 0.935. The maximum Gasteiger partial charge on any atom is 0.0697 e. The van der Waals surface area contributed by atoms with E-state index in [0.29, 0.717) is 5.92 Å². The van der Waals surface area contributed by atoms with Crippen molar-refractivity contribution in [2.75, 3.05) is 13.2 Å². The molecular formula is C15H20ClNO.